The molecule has 0 heterocycles. The molecule has 0 aliphatic rings. The van der Waals surface area contributed by atoms with Crippen molar-refractivity contribution >= 4 is 0 Å². The Labute approximate surface area is 232 Å². The largest absolute Gasteiger partial charge is 0.475 e. The van der Waals surface area contributed by atoms with Crippen LogP contribution in [0.5, 0.6) is 0 Å². The fourth-order valence-electron chi connectivity index (χ4n) is 4.40. The van der Waals surface area contributed by atoms with E-state index in [1.165, 1.54) is 122 Å². The molecule has 4 nitrogen and oxygen atoms in total. The van der Waals surface area contributed by atoms with Crippen molar-refractivity contribution in [2.75, 3.05) is 26.6 Å². The van der Waals surface area contributed by atoms with Gasteiger partial charge in [-0.2, -0.15) is 0 Å². The molecule has 0 aliphatic heterocycles. The first kappa shape index (κ1) is 36.4. The third-order valence-electron chi connectivity index (χ3n) is 6.90. The Morgan fingerprint density at radius 1 is 0.486 bits per heavy atom. The molecule has 0 amide bonds. The Hall–Kier alpha value is -0.580. The highest BCUT2D eigenvalue weighted by Gasteiger charge is 2.09. The molecule has 0 aliphatic carbocycles. The van der Waals surface area contributed by atoms with Crippen LogP contribution < -0.4 is 0 Å². The van der Waals surface area contributed by atoms with Gasteiger partial charge in [0.15, 0.2) is 13.1 Å². The number of hydrogen-bond acceptors (Lipinski definition) is 4. The van der Waals surface area contributed by atoms with Crippen LogP contribution in [0.3, 0.4) is 0 Å². The molecular weight excluding hydrogens is 460 g/mol. The summed E-state index contributed by atoms with van der Waals surface area (Å²) in [6.45, 7) is 9.61. The lowest BCUT2D eigenvalue weighted by atomic mass is 10.1. The van der Waals surface area contributed by atoms with Crippen LogP contribution in [0.25, 0.3) is 0 Å². The van der Waals surface area contributed by atoms with E-state index in [-0.39, 0.29) is 6.29 Å². The molecule has 0 N–H and O–H groups in total. The van der Waals surface area contributed by atoms with Crippen LogP contribution in [0.2, 0.25) is 0 Å². The van der Waals surface area contributed by atoms with Gasteiger partial charge in [0.05, 0.1) is 12.9 Å². The standard InChI is InChI=1S/C33H66O4/c1-4-7-10-12-21-25-30-36-33(37-31-26-22-13-11-8-5-2)27-23-19-17-15-14-16-18-20-24-29-35-32-34-28-9-6-3/h24,29,33H,4-23,25-28,30-32H2,1-3H3. The fraction of sp³-hybridized carbons (Fsp3) is 0.939. The van der Waals surface area contributed by atoms with Gasteiger partial charge in [-0.3, -0.25) is 0 Å². The Morgan fingerprint density at radius 3 is 1.54 bits per heavy atom. The number of hydrogen-bond donors (Lipinski definition) is 0. The second kappa shape index (κ2) is 33.4. The van der Waals surface area contributed by atoms with E-state index in [0.29, 0.717) is 6.79 Å². The topological polar surface area (TPSA) is 36.9 Å². The molecule has 0 saturated carbocycles. The number of ether oxygens (including phenoxy) is 4. The molecule has 222 valence electrons. The van der Waals surface area contributed by atoms with Crippen LogP contribution in [0.15, 0.2) is 12.3 Å². The van der Waals surface area contributed by atoms with Gasteiger partial charge in [-0.25, -0.2) is 0 Å². The first-order chi connectivity index (χ1) is 18.3. The highest BCUT2D eigenvalue weighted by molar-refractivity contribution is 4.72. The average molecular weight is 527 g/mol. The van der Waals surface area contributed by atoms with Crippen molar-refractivity contribution in [3.63, 3.8) is 0 Å². The summed E-state index contributed by atoms with van der Waals surface area (Å²) in [5.74, 6) is 0. The first-order valence-corrected chi connectivity index (χ1v) is 16.4. The summed E-state index contributed by atoms with van der Waals surface area (Å²) in [6, 6.07) is 0. The molecule has 0 aromatic heterocycles. The zero-order chi connectivity index (χ0) is 26.9. The third-order valence-corrected chi connectivity index (χ3v) is 6.90. The zero-order valence-electron chi connectivity index (χ0n) is 25.5. The fourth-order valence-corrected chi connectivity index (χ4v) is 4.40. The number of rotatable bonds is 32. The van der Waals surface area contributed by atoms with Crippen LogP contribution in [-0.4, -0.2) is 32.9 Å². The van der Waals surface area contributed by atoms with E-state index in [1.54, 1.807) is 6.26 Å². The van der Waals surface area contributed by atoms with Gasteiger partial charge < -0.3 is 18.9 Å². The summed E-state index contributed by atoms with van der Waals surface area (Å²) in [4.78, 5) is 0. The predicted molar refractivity (Wildman–Crippen MR) is 160 cm³/mol. The molecular formula is C33H66O4. The molecule has 0 fully saturated rings. The highest BCUT2D eigenvalue weighted by atomic mass is 16.7. The van der Waals surface area contributed by atoms with Crippen molar-refractivity contribution in [2.24, 2.45) is 0 Å². The number of allylic oxidation sites excluding steroid dienone is 1. The Morgan fingerprint density at radius 2 is 0.973 bits per heavy atom. The van der Waals surface area contributed by atoms with Crippen molar-refractivity contribution < 1.29 is 18.9 Å². The molecule has 0 radical (unpaired) electrons. The van der Waals surface area contributed by atoms with Crippen LogP contribution >= 0.6 is 0 Å². The van der Waals surface area contributed by atoms with E-state index in [0.717, 1.165) is 45.5 Å². The van der Waals surface area contributed by atoms with Gasteiger partial charge in [-0.1, -0.05) is 124 Å². The average Bonchev–Trinajstić information content (AvgIpc) is 2.91. The molecule has 0 spiro atoms. The summed E-state index contributed by atoms with van der Waals surface area (Å²) < 4.78 is 23.1. The van der Waals surface area contributed by atoms with E-state index in [1.807, 2.05) is 0 Å². The van der Waals surface area contributed by atoms with E-state index >= 15 is 0 Å². The Kier molecular flexibility index (Phi) is 32.9. The van der Waals surface area contributed by atoms with E-state index < -0.39 is 0 Å². The maximum atomic E-state index is 6.17. The Bertz CT molecular complexity index is 409. The van der Waals surface area contributed by atoms with Crippen LogP contribution in [0.4, 0.5) is 0 Å². The van der Waals surface area contributed by atoms with Crippen LogP contribution in [0, 0.1) is 0 Å². The van der Waals surface area contributed by atoms with Gasteiger partial charge in [0.2, 0.25) is 0 Å². The van der Waals surface area contributed by atoms with Gasteiger partial charge in [0.1, 0.15) is 0 Å². The second-order valence-electron chi connectivity index (χ2n) is 10.7. The Balaban J connectivity index is 3.75. The molecule has 0 aromatic carbocycles. The maximum Gasteiger partial charge on any atom is 0.188 e. The maximum absolute atomic E-state index is 6.17. The lowest BCUT2D eigenvalue weighted by molar-refractivity contribution is -0.148. The normalized spacial score (nSPS) is 11.8. The van der Waals surface area contributed by atoms with Crippen molar-refractivity contribution in [3.05, 3.63) is 12.3 Å². The lowest BCUT2D eigenvalue weighted by Gasteiger charge is -2.19. The monoisotopic (exact) mass is 526 g/mol. The van der Waals surface area contributed by atoms with Crippen molar-refractivity contribution in [3.8, 4) is 0 Å². The first-order valence-electron chi connectivity index (χ1n) is 16.4. The van der Waals surface area contributed by atoms with Gasteiger partial charge >= 0.3 is 0 Å². The van der Waals surface area contributed by atoms with E-state index in [2.05, 4.69) is 26.8 Å². The third kappa shape index (κ3) is 31.5. The molecule has 4 heteroatoms. The molecule has 37 heavy (non-hydrogen) atoms. The highest BCUT2D eigenvalue weighted by Crippen LogP contribution is 2.15. The van der Waals surface area contributed by atoms with Gasteiger partial charge in [-0.05, 0) is 51.0 Å². The minimum Gasteiger partial charge on any atom is -0.475 e. The van der Waals surface area contributed by atoms with Crippen molar-refractivity contribution in [2.45, 2.75) is 175 Å². The number of unbranched alkanes of at least 4 members (excludes halogenated alkanes) is 18. The van der Waals surface area contributed by atoms with E-state index in [4.69, 9.17) is 18.9 Å². The molecule has 0 aromatic rings. The summed E-state index contributed by atoms with van der Waals surface area (Å²) >= 11 is 0. The van der Waals surface area contributed by atoms with Gasteiger partial charge in [0.25, 0.3) is 0 Å². The smallest absolute Gasteiger partial charge is 0.188 e. The molecule has 0 unspecified atom stereocenters. The summed E-state index contributed by atoms with van der Waals surface area (Å²) in [7, 11) is 0. The van der Waals surface area contributed by atoms with E-state index in [9.17, 15) is 0 Å². The summed E-state index contributed by atoms with van der Waals surface area (Å²) in [6.07, 6.45) is 33.2. The SMILES string of the molecule is CCCCCCCCOC(CCCCCCCCCC=COCOCCCC)OCCCCCCCC. The van der Waals surface area contributed by atoms with Crippen molar-refractivity contribution in [1.82, 2.24) is 0 Å². The quantitative estimate of drug-likeness (QED) is 0.0496. The van der Waals surface area contributed by atoms with Crippen LogP contribution in [-0.2, 0) is 18.9 Å². The summed E-state index contributed by atoms with van der Waals surface area (Å²) in [5, 5.41) is 0. The zero-order valence-corrected chi connectivity index (χ0v) is 25.5. The second-order valence-corrected chi connectivity index (χ2v) is 10.7. The minimum absolute atomic E-state index is 0.0114. The van der Waals surface area contributed by atoms with Gasteiger partial charge in [-0.15, -0.1) is 0 Å². The minimum atomic E-state index is 0.0114. The summed E-state index contributed by atoms with van der Waals surface area (Å²) in [5.41, 5.74) is 0. The predicted octanol–water partition coefficient (Wildman–Crippen LogP) is 10.9. The van der Waals surface area contributed by atoms with Crippen LogP contribution in [0.1, 0.15) is 168 Å². The molecule has 0 atom stereocenters. The van der Waals surface area contributed by atoms with Crippen molar-refractivity contribution in [1.29, 1.82) is 0 Å². The van der Waals surface area contributed by atoms with Gasteiger partial charge in [0, 0.05) is 13.2 Å². The molecule has 0 rings (SSSR count). The molecule has 0 saturated heterocycles. The molecule has 0 bridgehead atoms. The lowest BCUT2D eigenvalue weighted by Crippen LogP contribution is -2.19.